The highest BCUT2D eigenvalue weighted by Crippen LogP contribution is 2.26. The van der Waals surface area contributed by atoms with Gasteiger partial charge < -0.3 is 10.5 Å². The van der Waals surface area contributed by atoms with Gasteiger partial charge in [0.1, 0.15) is 0 Å². The summed E-state index contributed by atoms with van der Waals surface area (Å²) in [5, 5.41) is 0. The summed E-state index contributed by atoms with van der Waals surface area (Å²) in [5.74, 6) is 0.293. The molecule has 0 unspecified atom stereocenters. The van der Waals surface area contributed by atoms with Gasteiger partial charge in [0.2, 0.25) is 0 Å². The first-order valence-electron chi connectivity index (χ1n) is 4.40. The van der Waals surface area contributed by atoms with Crippen LogP contribution in [0.15, 0.2) is 42.6 Å². The second kappa shape index (κ2) is 3.96. The van der Waals surface area contributed by atoms with Gasteiger partial charge in [-0.1, -0.05) is 12.1 Å². The number of ether oxygens (including phenoxy) is 1. The summed E-state index contributed by atoms with van der Waals surface area (Å²) in [4.78, 5) is 3.84. The van der Waals surface area contributed by atoms with Crippen molar-refractivity contribution >= 4 is 5.82 Å². The summed E-state index contributed by atoms with van der Waals surface area (Å²) in [6.45, 7) is 0. The molecule has 1 aromatic carbocycles. The average molecular weight is 204 g/mol. The number of hydrogen-bond acceptors (Lipinski definition) is 3. The zero-order valence-corrected chi connectivity index (χ0v) is 7.85. The Kier molecular flexibility index (Phi) is 2.49. The Morgan fingerprint density at radius 3 is 2.53 bits per heavy atom. The molecule has 0 aliphatic rings. The number of para-hydroxylation sites is 1. The molecule has 0 aliphatic heterocycles. The van der Waals surface area contributed by atoms with E-state index in [9.17, 15) is 4.39 Å². The van der Waals surface area contributed by atoms with Crippen molar-refractivity contribution in [3.63, 3.8) is 0 Å². The molecule has 2 rings (SSSR count). The van der Waals surface area contributed by atoms with Crippen LogP contribution in [0, 0.1) is 5.82 Å². The molecule has 2 N–H and O–H groups in total. The lowest BCUT2D eigenvalue weighted by Gasteiger charge is -2.07. The topological polar surface area (TPSA) is 48.1 Å². The van der Waals surface area contributed by atoms with Crippen LogP contribution >= 0.6 is 0 Å². The normalized spacial score (nSPS) is 9.93. The quantitative estimate of drug-likeness (QED) is 0.817. The number of halogens is 1. The summed E-state index contributed by atoms with van der Waals surface area (Å²) >= 11 is 0. The van der Waals surface area contributed by atoms with Crippen molar-refractivity contribution in [1.82, 2.24) is 4.98 Å². The summed E-state index contributed by atoms with van der Waals surface area (Å²) in [5.41, 5.74) is 5.56. The van der Waals surface area contributed by atoms with Crippen LogP contribution in [0.3, 0.4) is 0 Å². The third kappa shape index (κ3) is 2.04. The minimum absolute atomic E-state index is 0.136. The number of benzene rings is 1. The maximum absolute atomic E-state index is 13.2. The average Bonchev–Trinajstić information content (AvgIpc) is 2.24. The van der Waals surface area contributed by atoms with E-state index in [0.29, 0.717) is 5.75 Å². The van der Waals surface area contributed by atoms with E-state index in [2.05, 4.69) is 4.98 Å². The van der Waals surface area contributed by atoms with Crippen molar-refractivity contribution in [2.24, 2.45) is 0 Å². The first-order valence-corrected chi connectivity index (χ1v) is 4.40. The van der Waals surface area contributed by atoms with Gasteiger partial charge in [-0.05, 0) is 24.3 Å². The van der Waals surface area contributed by atoms with Crippen LogP contribution in [0.4, 0.5) is 10.2 Å². The summed E-state index contributed by atoms with van der Waals surface area (Å²) in [7, 11) is 0. The third-order valence-corrected chi connectivity index (χ3v) is 1.86. The van der Waals surface area contributed by atoms with E-state index in [1.807, 2.05) is 0 Å². The van der Waals surface area contributed by atoms with Crippen LogP contribution in [-0.4, -0.2) is 4.98 Å². The number of nitrogens with zero attached hydrogens (tertiary/aromatic N) is 1. The molecule has 0 amide bonds. The van der Waals surface area contributed by atoms with E-state index in [-0.39, 0.29) is 11.6 Å². The molecule has 4 heteroatoms. The van der Waals surface area contributed by atoms with Crippen molar-refractivity contribution in [3.05, 3.63) is 48.4 Å². The fourth-order valence-corrected chi connectivity index (χ4v) is 1.14. The van der Waals surface area contributed by atoms with Gasteiger partial charge in [-0.3, -0.25) is 0 Å². The van der Waals surface area contributed by atoms with Crippen LogP contribution in [0.5, 0.6) is 11.5 Å². The number of hydrogen-bond donors (Lipinski definition) is 1. The molecule has 3 nitrogen and oxygen atoms in total. The second-order valence-corrected chi connectivity index (χ2v) is 2.92. The van der Waals surface area contributed by atoms with E-state index < -0.39 is 5.82 Å². The molecule has 0 bridgehead atoms. The molecule has 0 saturated carbocycles. The molecule has 0 atom stereocenters. The maximum atomic E-state index is 13.2. The molecular formula is C11H9FN2O. The molecule has 1 aromatic heterocycles. The largest absolute Gasteiger partial charge is 0.450 e. The number of nitrogens with two attached hydrogens (primary N) is 1. The zero-order valence-electron chi connectivity index (χ0n) is 7.85. The summed E-state index contributed by atoms with van der Waals surface area (Å²) in [6, 6.07) is 9.44. The number of nitrogen functional groups attached to an aromatic ring is 1. The van der Waals surface area contributed by atoms with E-state index >= 15 is 0 Å². The Bertz CT molecular complexity index is 430. The predicted molar refractivity (Wildman–Crippen MR) is 55.1 cm³/mol. The first-order chi connectivity index (χ1) is 7.27. The molecule has 2 aromatic rings. The van der Waals surface area contributed by atoms with Crippen LogP contribution in [-0.2, 0) is 0 Å². The lowest BCUT2D eigenvalue weighted by Crippen LogP contribution is -1.95. The molecule has 0 spiro atoms. The molecule has 76 valence electrons. The van der Waals surface area contributed by atoms with Crippen molar-refractivity contribution in [1.29, 1.82) is 0 Å². The lowest BCUT2D eigenvalue weighted by molar-refractivity contribution is 0.443. The van der Waals surface area contributed by atoms with Crippen molar-refractivity contribution in [2.45, 2.75) is 0 Å². The van der Waals surface area contributed by atoms with Crippen LogP contribution < -0.4 is 10.5 Å². The van der Waals surface area contributed by atoms with Crippen molar-refractivity contribution in [3.8, 4) is 11.5 Å². The standard InChI is InChI=1S/C11H9FN2O/c12-8-4-1-2-5-9(8)15-10-6-3-7-14-11(10)13/h1-7H,(H2,13,14). The maximum Gasteiger partial charge on any atom is 0.169 e. The van der Waals surface area contributed by atoms with E-state index in [4.69, 9.17) is 10.5 Å². The van der Waals surface area contributed by atoms with Gasteiger partial charge in [0.25, 0.3) is 0 Å². The molecule has 0 fully saturated rings. The number of aromatic nitrogens is 1. The predicted octanol–water partition coefficient (Wildman–Crippen LogP) is 2.60. The van der Waals surface area contributed by atoms with E-state index in [0.717, 1.165) is 0 Å². The second-order valence-electron chi connectivity index (χ2n) is 2.92. The number of rotatable bonds is 2. The zero-order chi connectivity index (χ0) is 10.7. The van der Waals surface area contributed by atoms with Gasteiger partial charge in [-0.25, -0.2) is 9.37 Å². The van der Waals surface area contributed by atoms with Gasteiger partial charge in [-0.2, -0.15) is 0 Å². The lowest BCUT2D eigenvalue weighted by atomic mass is 10.3. The molecule has 15 heavy (non-hydrogen) atoms. The van der Waals surface area contributed by atoms with Crippen LogP contribution in [0.2, 0.25) is 0 Å². The van der Waals surface area contributed by atoms with Crippen molar-refractivity contribution in [2.75, 3.05) is 5.73 Å². The van der Waals surface area contributed by atoms with E-state index in [1.54, 1.807) is 30.5 Å². The van der Waals surface area contributed by atoms with Crippen LogP contribution in [0.25, 0.3) is 0 Å². The van der Waals surface area contributed by atoms with Gasteiger partial charge in [-0.15, -0.1) is 0 Å². The minimum atomic E-state index is -0.430. The Morgan fingerprint density at radius 2 is 1.80 bits per heavy atom. The molecule has 0 radical (unpaired) electrons. The highest BCUT2D eigenvalue weighted by molar-refractivity contribution is 5.47. The highest BCUT2D eigenvalue weighted by atomic mass is 19.1. The number of anilines is 1. The van der Waals surface area contributed by atoms with Gasteiger partial charge in [0.05, 0.1) is 0 Å². The first kappa shape index (κ1) is 9.45. The van der Waals surface area contributed by atoms with E-state index in [1.165, 1.54) is 12.1 Å². The molecule has 1 heterocycles. The Balaban J connectivity index is 2.30. The molecule has 0 saturated heterocycles. The Morgan fingerprint density at radius 1 is 1.07 bits per heavy atom. The van der Waals surface area contributed by atoms with Gasteiger partial charge >= 0.3 is 0 Å². The van der Waals surface area contributed by atoms with Crippen molar-refractivity contribution < 1.29 is 9.13 Å². The fourth-order valence-electron chi connectivity index (χ4n) is 1.14. The minimum Gasteiger partial charge on any atom is -0.450 e. The molecule has 0 aliphatic carbocycles. The van der Waals surface area contributed by atoms with Gasteiger partial charge in [0.15, 0.2) is 23.1 Å². The highest BCUT2D eigenvalue weighted by Gasteiger charge is 2.05. The fraction of sp³-hybridized carbons (Fsp3) is 0. The Hall–Kier alpha value is -2.10. The molecular weight excluding hydrogens is 195 g/mol. The third-order valence-electron chi connectivity index (χ3n) is 1.86. The SMILES string of the molecule is Nc1ncccc1Oc1ccccc1F. The van der Waals surface area contributed by atoms with Crippen LogP contribution in [0.1, 0.15) is 0 Å². The summed E-state index contributed by atoms with van der Waals surface area (Å²) in [6.07, 6.45) is 1.55. The number of pyridine rings is 1. The summed E-state index contributed by atoms with van der Waals surface area (Å²) < 4.78 is 18.5. The van der Waals surface area contributed by atoms with Gasteiger partial charge in [0, 0.05) is 6.20 Å². The Labute approximate surface area is 86.3 Å². The smallest absolute Gasteiger partial charge is 0.169 e. The monoisotopic (exact) mass is 204 g/mol.